The normalized spacial score (nSPS) is 21.4. The molecule has 1 aliphatic heterocycles. The molecule has 2 aromatic heterocycles. The molecule has 0 aliphatic carbocycles. The highest BCUT2D eigenvalue weighted by Crippen LogP contribution is 2.46. The van der Waals surface area contributed by atoms with Crippen molar-refractivity contribution in [1.82, 2.24) is 14.6 Å². The van der Waals surface area contributed by atoms with Gasteiger partial charge < -0.3 is 35.1 Å². The number of nitrogens with zero attached hydrogens (tertiary/aromatic N) is 3. The fraction of sp³-hybridized carbons (Fsp3) is 0.700. The van der Waals surface area contributed by atoms with Crippen LogP contribution < -0.4 is 5.73 Å². The quantitative estimate of drug-likeness (QED) is 0.0298. The second-order valence-electron chi connectivity index (χ2n) is 15.1. The summed E-state index contributed by atoms with van der Waals surface area (Å²) in [5.74, 6) is -1.69. The van der Waals surface area contributed by atoms with Crippen molar-refractivity contribution in [3.05, 3.63) is 58.5 Å². The minimum Gasteiger partial charge on any atom is -0.387 e. The van der Waals surface area contributed by atoms with Crippen LogP contribution in [0.2, 0.25) is 5.02 Å². The van der Waals surface area contributed by atoms with Gasteiger partial charge in [-0.05, 0) is 31.5 Å². The van der Waals surface area contributed by atoms with Crippen molar-refractivity contribution in [3.8, 4) is 0 Å². The van der Waals surface area contributed by atoms with Gasteiger partial charge in [0.1, 0.15) is 58.5 Å². The number of phosphoric acid groups is 1. The van der Waals surface area contributed by atoms with Crippen molar-refractivity contribution in [2.75, 3.05) is 32.2 Å². The maximum Gasteiger partial charge on any atom is 0.472 e. The monoisotopic (exact) mass is 846 g/mol. The average molecular weight is 847 g/mol. The van der Waals surface area contributed by atoms with E-state index < -0.39 is 67.7 Å². The Hall–Kier alpha value is -2.30. The summed E-state index contributed by atoms with van der Waals surface area (Å²) in [7, 11) is -4.79. The first-order chi connectivity index (χ1) is 27.4. The largest absolute Gasteiger partial charge is 0.472 e. The highest BCUT2D eigenvalue weighted by atomic mass is 35.5. The number of aliphatic hydroxyl groups is 2. The van der Waals surface area contributed by atoms with Gasteiger partial charge in [-0.25, -0.2) is 22.8 Å². The maximum atomic E-state index is 14.6. The number of hydrogen-bond acceptors (Lipinski definition) is 11. The summed E-state index contributed by atoms with van der Waals surface area (Å²) in [4.78, 5) is 14.5. The average Bonchev–Trinajstić information content (AvgIpc) is 3.73. The van der Waals surface area contributed by atoms with Gasteiger partial charge in [0.2, 0.25) is 0 Å². The van der Waals surface area contributed by atoms with Gasteiger partial charge in [-0.3, -0.25) is 9.05 Å². The number of aromatic nitrogens is 3. The molecule has 4 rings (SSSR count). The summed E-state index contributed by atoms with van der Waals surface area (Å²) in [6.45, 7) is 2.69. The van der Waals surface area contributed by atoms with Crippen LogP contribution in [0.25, 0.3) is 5.52 Å². The van der Waals surface area contributed by atoms with Crippen LogP contribution in [0.4, 0.5) is 14.6 Å². The minimum atomic E-state index is -4.79. The predicted octanol–water partition coefficient (Wildman–Crippen LogP) is 8.58. The van der Waals surface area contributed by atoms with E-state index in [9.17, 15) is 28.5 Å². The number of ether oxygens (including phenoxy) is 3. The molecule has 0 radical (unpaired) electrons. The lowest BCUT2D eigenvalue weighted by molar-refractivity contribution is -0.0901. The molecule has 0 spiro atoms. The molecule has 0 bridgehead atoms. The smallest absolute Gasteiger partial charge is 0.387 e. The van der Waals surface area contributed by atoms with Gasteiger partial charge >= 0.3 is 7.82 Å². The van der Waals surface area contributed by atoms with Crippen molar-refractivity contribution < 1.29 is 51.7 Å². The minimum absolute atomic E-state index is 0.0217. The molecule has 1 saturated heterocycles. The van der Waals surface area contributed by atoms with E-state index in [2.05, 4.69) is 17.0 Å². The molecule has 3 heterocycles. The second kappa shape index (κ2) is 24.1. The number of aliphatic hydroxyl groups excluding tert-OH is 2. The molecule has 0 amide bonds. The topological polar surface area (TPSA) is 180 Å². The molecule has 322 valence electrons. The number of rotatable bonds is 29. The molecule has 0 saturated carbocycles. The molecular formula is C40H62ClF2N4O9P. The highest BCUT2D eigenvalue weighted by Gasteiger charge is 2.54. The zero-order valence-corrected chi connectivity index (χ0v) is 35.0. The Morgan fingerprint density at radius 2 is 1.54 bits per heavy atom. The van der Waals surface area contributed by atoms with Gasteiger partial charge in [-0.2, -0.15) is 5.10 Å². The summed E-state index contributed by atoms with van der Waals surface area (Å²) in [5.41, 5.74) is 5.24. The van der Waals surface area contributed by atoms with E-state index in [1.165, 1.54) is 107 Å². The molecule has 1 fully saturated rings. The first kappa shape index (κ1) is 47.4. The van der Waals surface area contributed by atoms with Crippen LogP contribution in [0.5, 0.6) is 0 Å². The Bertz CT molecular complexity index is 1690. The molecule has 17 heteroatoms. The van der Waals surface area contributed by atoms with Crippen molar-refractivity contribution in [2.24, 2.45) is 0 Å². The Morgan fingerprint density at radius 3 is 2.18 bits per heavy atom. The number of nitrogen functional groups attached to an aromatic ring is 1. The Kier molecular flexibility index (Phi) is 20.0. The third-order valence-corrected chi connectivity index (χ3v) is 11.8. The van der Waals surface area contributed by atoms with E-state index in [4.69, 9.17) is 40.6 Å². The molecule has 3 aromatic rings. The molecule has 2 unspecified atom stereocenters. The molecule has 57 heavy (non-hydrogen) atoms. The first-order valence-electron chi connectivity index (χ1n) is 20.4. The summed E-state index contributed by atoms with van der Waals surface area (Å²) in [6, 6.07) is 5.47. The summed E-state index contributed by atoms with van der Waals surface area (Å²) in [5, 5.41) is 25.3. The SMILES string of the molecule is CCCCCCCCCCCCCCCCCCOC[C@H](COP(=O)(O)OCC1O[C@@](C)(c2ccc3c(N)ncnn23)[C@H](O)[C@@H]1O)OCc1ccc(F)c(Cl)c1F. The standard InChI is InChI=1S/C40H62ClF2N4O9P/c1-3-4-5-6-7-8-9-10-11-12-13-14-15-16-17-18-23-52-25-30(53-24-29-19-20-31(42)35(41)36(29)43)26-54-57(50,51)55-27-33-37(48)38(49)40(2,56-33)34-22-21-32-39(44)45-28-46-47(32)34/h19-22,28,30,33,37-38,48-49H,3-18,23-27H2,1-2H3,(H,50,51)(H2,44,45,46)/t30-,33?,37-,38-,40+/m1/s1. The van der Waals surface area contributed by atoms with Gasteiger partial charge in [0.15, 0.2) is 5.82 Å². The second-order valence-corrected chi connectivity index (χ2v) is 16.9. The van der Waals surface area contributed by atoms with Crippen molar-refractivity contribution in [2.45, 2.75) is 153 Å². The number of phosphoric ester groups is 1. The van der Waals surface area contributed by atoms with Crippen LogP contribution in [0.3, 0.4) is 0 Å². The molecule has 6 atom stereocenters. The van der Waals surface area contributed by atoms with E-state index in [1.54, 1.807) is 12.1 Å². The van der Waals surface area contributed by atoms with E-state index in [1.807, 2.05) is 0 Å². The molecule has 1 aromatic carbocycles. The lowest BCUT2D eigenvalue weighted by Gasteiger charge is -2.27. The number of anilines is 1. The Morgan fingerprint density at radius 1 is 0.930 bits per heavy atom. The lowest BCUT2D eigenvalue weighted by Crippen LogP contribution is -2.39. The molecular weight excluding hydrogens is 785 g/mol. The van der Waals surface area contributed by atoms with E-state index in [0.717, 1.165) is 25.3 Å². The van der Waals surface area contributed by atoms with Gasteiger partial charge in [0.25, 0.3) is 0 Å². The van der Waals surface area contributed by atoms with Crippen LogP contribution in [-0.2, 0) is 40.0 Å². The molecule has 1 aliphatic rings. The molecule has 5 N–H and O–H groups in total. The van der Waals surface area contributed by atoms with E-state index in [-0.39, 0.29) is 24.6 Å². The van der Waals surface area contributed by atoms with Gasteiger partial charge in [-0.15, -0.1) is 0 Å². The maximum absolute atomic E-state index is 14.6. The van der Waals surface area contributed by atoms with Crippen molar-refractivity contribution in [3.63, 3.8) is 0 Å². The van der Waals surface area contributed by atoms with Crippen LogP contribution in [0.1, 0.15) is 128 Å². The number of halogens is 3. The number of hydrogen-bond donors (Lipinski definition) is 4. The van der Waals surface area contributed by atoms with Crippen molar-refractivity contribution in [1.29, 1.82) is 0 Å². The van der Waals surface area contributed by atoms with Gasteiger partial charge in [0.05, 0.1) is 32.1 Å². The number of benzene rings is 1. The lowest BCUT2D eigenvalue weighted by atomic mass is 9.93. The van der Waals surface area contributed by atoms with Crippen LogP contribution in [0.15, 0.2) is 30.6 Å². The highest BCUT2D eigenvalue weighted by molar-refractivity contribution is 7.47. The first-order valence-corrected chi connectivity index (χ1v) is 22.3. The van der Waals surface area contributed by atoms with Crippen LogP contribution in [-0.4, -0.2) is 80.5 Å². The Labute approximate surface area is 340 Å². The number of nitrogens with two attached hydrogens (primary N) is 1. The van der Waals surface area contributed by atoms with Gasteiger partial charge in [0, 0.05) is 12.2 Å². The van der Waals surface area contributed by atoms with Crippen molar-refractivity contribution >= 4 is 30.8 Å². The Balaban J connectivity index is 1.18. The summed E-state index contributed by atoms with van der Waals surface area (Å²) in [6.07, 6.45) is 16.0. The number of unbranched alkanes of at least 4 members (excludes halogenated alkanes) is 15. The predicted molar refractivity (Wildman–Crippen MR) is 214 cm³/mol. The summed E-state index contributed by atoms with van der Waals surface area (Å²) >= 11 is 5.73. The fourth-order valence-electron chi connectivity index (χ4n) is 7.03. The zero-order valence-electron chi connectivity index (χ0n) is 33.3. The summed E-state index contributed by atoms with van der Waals surface area (Å²) < 4.78 is 70.7. The number of fused-ring (bicyclic) bond motifs is 1. The van der Waals surface area contributed by atoms with E-state index in [0.29, 0.717) is 17.8 Å². The fourth-order valence-corrected chi connectivity index (χ4v) is 7.98. The van der Waals surface area contributed by atoms with E-state index >= 15 is 0 Å². The van der Waals surface area contributed by atoms with Crippen LogP contribution in [0, 0.1) is 11.6 Å². The third-order valence-electron chi connectivity index (χ3n) is 10.5. The zero-order chi connectivity index (χ0) is 41.3. The third kappa shape index (κ3) is 14.4. The van der Waals surface area contributed by atoms with Crippen LogP contribution >= 0.6 is 19.4 Å². The van der Waals surface area contributed by atoms with Gasteiger partial charge in [-0.1, -0.05) is 121 Å². The molecule has 13 nitrogen and oxygen atoms in total.